The van der Waals surface area contributed by atoms with Crippen molar-refractivity contribution >= 4 is 51.3 Å². The van der Waals surface area contributed by atoms with Gasteiger partial charge in [0.1, 0.15) is 30.4 Å². The van der Waals surface area contributed by atoms with Gasteiger partial charge in [-0.25, -0.2) is 41.3 Å². The van der Waals surface area contributed by atoms with Crippen molar-refractivity contribution in [1.29, 1.82) is 0 Å². The quantitative estimate of drug-likeness (QED) is 0.0756. The molecule has 0 saturated carbocycles. The fourth-order valence-electron chi connectivity index (χ4n) is 12.0. The molecule has 10 nitrogen and oxygen atoms in total. The molecule has 548 valence electrons. The Morgan fingerprint density at radius 3 is 1.11 bits per heavy atom. The Morgan fingerprint density at radius 1 is 0.343 bits per heavy atom. The van der Waals surface area contributed by atoms with Crippen molar-refractivity contribution in [1.82, 2.24) is 19.6 Å². The maximum absolute atomic E-state index is 13.5. The number of benzene rings is 10. The van der Waals surface area contributed by atoms with E-state index in [9.17, 15) is 58.3 Å². The first-order valence-electron chi connectivity index (χ1n) is 34.0. The van der Waals surface area contributed by atoms with Crippen LogP contribution < -0.4 is 0 Å². The smallest absolute Gasteiger partial charge is 0.435 e. The van der Waals surface area contributed by atoms with Gasteiger partial charge in [-0.05, 0) is 174 Å². The van der Waals surface area contributed by atoms with E-state index in [1.807, 2.05) is 183 Å². The predicted molar refractivity (Wildman–Crippen MR) is 397 cm³/mol. The van der Waals surface area contributed by atoms with Gasteiger partial charge in [-0.1, -0.05) is 203 Å². The third kappa shape index (κ3) is 18.2. The molecule has 108 heavy (non-hydrogen) atoms. The summed E-state index contributed by atoms with van der Waals surface area (Å²) in [5.41, 5.74) is 15.3. The zero-order valence-electron chi connectivity index (χ0n) is 59.7. The molecule has 0 spiro atoms. The third-order valence-corrected chi connectivity index (χ3v) is 17.7. The molecule has 10 aromatic carbocycles. The van der Waals surface area contributed by atoms with Crippen LogP contribution in [0.15, 0.2) is 255 Å². The topological polar surface area (TPSA) is 115 Å². The monoisotopic (exact) mass is 1470 g/mol. The van der Waals surface area contributed by atoms with Crippen LogP contribution in [-0.2, 0) is 40.9 Å². The number of ether oxygens (including phenoxy) is 3. The summed E-state index contributed by atoms with van der Waals surface area (Å²) in [6, 6.07) is 71.7. The highest BCUT2D eigenvalue weighted by Gasteiger charge is 2.42. The molecule has 15 rings (SSSR count). The maximum atomic E-state index is 13.5. The maximum Gasteiger partial charge on any atom is 0.435 e. The van der Waals surface area contributed by atoms with E-state index in [0.717, 1.165) is 85.5 Å². The number of aryl methyl sites for hydroxylation is 6. The van der Waals surface area contributed by atoms with E-state index in [0.29, 0.717) is 62.6 Å². The van der Waals surface area contributed by atoms with E-state index < -0.39 is 58.7 Å². The number of halogens is 10. The van der Waals surface area contributed by atoms with Gasteiger partial charge in [0.05, 0.1) is 39.5 Å². The average Bonchev–Trinajstić information content (AvgIpc) is 1.59. The fraction of sp³-hybridized carbons (Fsp3) is 0.148. The standard InChI is InChI=1S/C19H17FO2.C18H15F3N2.C17H12F4N2.C17H12F2O2.C17H14O2/c1-12-7-9-13(10-8-12)17-16(18(21)22-19(17,2)3)14-5-4-6-15(20)11-14;1-12-3-7-14(8-4-12)16-11-17(18(19,20)21)22-23(16)15-9-5-13(2)6-10-15;1-11-2-8-14(9-3-11)23-15(10-16(22-23)17(19,20)21)12-4-6-13(18)7-5-12;1-10-2-4-11(5-3-10)13-9-21-17(20)16(13)12-6-7-14(18)15(19)8-12;1-12-7-9-13(10-8-12)15-11-19-17(18)16(15)14-5-3-2-4-6-14/h4-11H,1-3H3;3-11H,1-2H3;2-10H,1H3;2-8H,9H2,1H3;2-10H,11H2,1H3. The van der Waals surface area contributed by atoms with Gasteiger partial charge in [-0.3, -0.25) is 0 Å². The van der Waals surface area contributed by atoms with Crippen molar-refractivity contribution in [3.63, 3.8) is 0 Å². The van der Waals surface area contributed by atoms with E-state index in [4.69, 9.17) is 14.2 Å². The van der Waals surface area contributed by atoms with Gasteiger partial charge in [-0.15, -0.1) is 0 Å². The molecule has 0 unspecified atom stereocenters. The first kappa shape index (κ1) is 76.7. The summed E-state index contributed by atoms with van der Waals surface area (Å²) < 4.78 is 150. The molecule has 0 fully saturated rings. The van der Waals surface area contributed by atoms with Crippen LogP contribution in [0.2, 0.25) is 0 Å². The van der Waals surface area contributed by atoms with Gasteiger partial charge >= 0.3 is 30.3 Å². The summed E-state index contributed by atoms with van der Waals surface area (Å²) in [6.45, 7) is 16.0. The lowest BCUT2D eigenvalue weighted by Gasteiger charge is -2.21. The van der Waals surface area contributed by atoms with Crippen LogP contribution in [0.1, 0.15) is 92.0 Å². The molecule has 3 aliphatic rings. The first-order valence-corrected chi connectivity index (χ1v) is 34.0. The van der Waals surface area contributed by atoms with Gasteiger partial charge in [0.2, 0.25) is 0 Å². The molecule has 0 radical (unpaired) electrons. The van der Waals surface area contributed by atoms with E-state index in [1.165, 1.54) is 57.4 Å². The van der Waals surface area contributed by atoms with Crippen LogP contribution in [-0.4, -0.2) is 56.3 Å². The Balaban J connectivity index is 0.000000134. The summed E-state index contributed by atoms with van der Waals surface area (Å²) in [4.78, 5) is 36.2. The van der Waals surface area contributed by atoms with E-state index in [-0.39, 0.29) is 29.7 Å². The molecular formula is C88H70F10N4O6. The molecule has 0 N–H and O–H groups in total. The molecule has 3 aliphatic heterocycles. The Morgan fingerprint density at radius 2 is 0.704 bits per heavy atom. The minimum Gasteiger partial charge on any atom is -0.457 e. The van der Waals surface area contributed by atoms with Crippen molar-refractivity contribution in [2.75, 3.05) is 13.2 Å². The van der Waals surface area contributed by atoms with Gasteiger partial charge in [0.15, 0.2) is 23.0 Å². The van der Waals surface area contributed by atoms with Gasteiger partial charge < -0.3 is 14.2 Å². The lowest BCUT2D eigenvalue weighted by Crippen LogP contribution is -2.22. The number of hydrogen-bond donors (Lipinski definition) is 0. The summed E-state index contributed by atoms with van der Waals surface area (Å²) >= 11 is 0. The first-order chi connectivity index (χ1) is 51.4. The van der Waals surface area contributed by atoms with Crippen LogP contribution in [0.3, 0.4) is 0 Å². The van der Waals surface area contributed by atoms with Gasteiger partial charge in [0, 0.05) is 27.8 Å². The van der Waals surface area contributed by atoms with E-state index in [1.54, 1.807) is 60.7 Å². The third-order valence-electron chi connectivity index (χ3n) is 17.7. The lowest BCUT2D eigenvalue weighted by atomic mass is 9.86. The van der Waals surface area contributed by atoms with Crippen LogP contribution in [0.5, 0.6) is 0 Å². The number of esters is 3. The van der Waals surface area contributed by atoms with Crippen molar-refractivity contribution in [3.05, 3.63) is 356 Å². The van der Waals surface area contributed by atoms with Crippen molar-refractivity contribution in [2.24, 2.45) is 0 Å². The van der Waals surface area contributed by atoms with Crippen LogP contribution >= 0.6 is 0 Å². The second kappa shape index (κ2) is 32.5. The zero-order valence-corrected chi connectivity index (χ0v) is 59.7. The Labute approximate surface area is 617 Å². The van der Waals surface area contributed by atoms with E-state index >= 15 is 0 Å². The fourth-order valence-corrected chi connectivity index (χ4v) is 12.0. The van der Waals surface area contributed by atoms with E-state index in [2.05, 4.69) is 10.2 Å². The minimum absolute atomic E-state index is 0.135. The normalized spacial score (nSPS) is 13.8. The van der Waals surface area contributed by atoms with Crippen molar-refractivity contribution < 1.29 is 72.5 Å². The average molecular weight is 1470 g/mol. The van der Waals surface area contributed by atoms with Gasteiger partial charge in [0.25, 0.3) is 0 Å². The molecule has 2 aromatic heterocycles. The molecule has 0 amide bonds. The SMILES string of the molecule is Cc1ccc(-c2cc(C(F)(F)F)nn2-c2ccc(C)cc2)cc1.Cc1ccc(-n2nc(C(F)(F)F)cc2-c2ccc(F)cc2)cc1.Cc1ccc(C2=C(c3ccc(F)c(F)c3)C(=O)OC2)cc1.Cc1ccc(C2=C(c3cccc(F)c3)C(=O)OC2(C)C)cc1.Cc1ccc(C2=C(c3ccccc3)C(=O)OC2)cc1. The molecule has 0 atom stereocenters. The Bertz CT molecular complexity index is 5080. The number of carbonyl (C=O) groups is 3. The number of alkyl halides is 6. The van der Waals surface area contributed by atoms with Crippen LogP contribution in [0.4, 0.5) is 43.9 Å². The molecule has 0 saturated heterocycles. The largest absolute Gasteiger partial charge is 0.457 e. The van der Waals surface area contributed by atoms with Gasteiger partial charge in [-0.2, -0.15) is 36.5 Å². The number of nitrogens with zero attached hydrogens (tertiary/aromatic N) is 4. The molecule has 20 heteroatoms. The molecule has 12 aromatic rings. The predicted octanol–water partition coefficient (Wildman–Crippen LogP) is 21.8. The summed E-state index contributed by atoms with van der Waals surface area (Å²) in [7, 11) is 0. The molecule has 0 bridgehead atoms. The second-order valence-electron chi connectivity index (χ2n) is 26.3. The Hall–Kier alpha value is -12.5. The number of cyclic esters (lactones) is 3. The highest BCUT2D eigenvalue weighted by atomic mass is 19.4. The molecule has 0 aliphatic carbocycles. The van der Waals surface area contributed by atoms with Crippen LogP contribution in [0, 0.1) is 64.8 Å². The number of aromatic nitrogens is 4. The number of hydrogen-bond acceptors (Lipinski definition) is 8. The highest BCUT2D eigenvalue weighted by Crippen LogP contribution is 2.45. The summed E-state index contributed by atoms with van der Waals surface area (Å²) in [5.74, 6) is -3.91. The summed E-state index contributed by atoms with van der Waals surface area (Å²) in [6.07, 6.45) is -9.03. The zero-order chi connectivity index (χ0) is 77.4. The minimum atomic E-state index is -4.55. The van der Waals surface area contributed by atoms with Crippen molar-refractivity contribution in [2.45, 2.75) is 73.3 Å². The lowest BCUT2D eigenvalue weighted by molar-refractivity contribution is -0.142. The van der Waals surface area contributed by atoms with Crippen molar-refractivity contribution in [3.8, 4) is 33.9 Å². The second-order valence-corrected chi connectivity index (χ2v) is 26.3. The molecule has 5 heterocycles. The van der Waals surface area contributed by atoms with Crippen LogP contribution in [0.25, 0.3) is 67.3 Å². The number of carbonyl (C=O) groups excluding carboxylic acids is 3. The highest BCUT2D eigenvalue weighted by molar-refractivity contribution is 6.29. The number of rotatable bonds is 10. The Kier molecular flexibility index (Phi) is 23.1. The molecular weight excluding hydrogens is 1400 g/mol. The summed E-state index contributed by atoms with van der Waals surface area (Å²) in [5, 5.41) is 7.45.